The normalized spacial score (nSPS) is 14.0. The van der Waals surface area contributed by atoms with Gasteiger partial charge in [0, 0.05) is 12.8 Å². The predicted octanol–water partition coefficient (Wildman–Crippen LogP) is 7.49. The summed E-state index contributed by atoms with van der Waals surface area (Å²) in [7, 11) is 1.17. The summed E-state index contributed by atoms with van der Waals surface area (Å²) in [6.45, 7) is 4.15. The van der Waals surface area contributed by atoms with E-state index in [4.69, 9.17) is 18.5 Å². The van der Waals surface area contributed by atoms with Crippen LogP contribution in [0.3, 0.4) is 0 Å². The predicted molar refractivity (Wildman–Crippen MR) is 167 cm³/mol. The van der Waals surface area contributed by atoms with Crippen LogP contribution in [0, 0.1) is 0 Å². The summed E-state index contributed by atoms with van der Waals surface area (Å²) >= 11 is 0. The van der Waals surface area contributed by atoms with Crippen LogP contribution in [-0.2, 0) is 32.7 Å². The largest absolute Gasteiger partial charge is 0.756 e. The van der Waals surface area contributed by atoms with Crippen LogP contribution in [0.1, 0.15) is 142 Å². The van der Waals surface area contributed by atoms with Crippen LogP contribution in [0.5, 0.6) is 0 Å². The fraction of sp³-hybridized carbons (Fsp3) is 0.938. The maximum atomic E-state index is 12.5. The van der Waals surface area contributed by atoms with Gasteiger partial charge >= 0.3 is 11.9 Å². The van der Waals surface area contributed by atoms with E-state index in [0.717, 1.165) is 38.5 Å². The lowest BCUT2D eigenvalue weighted by atomic mass is 10.1. The van der Waals surface area contributed by atoms with Crippen LogP contribution in [-0.4, -0.2) is 70.0 Å². The molecule has 0 aliphatic carbocycles. The van der Waals surface area contributed by atoms with Gasteiger partial charge in [-0.1, -0.05) is 117 Å². The number of phosphoric acid groups is 1. The van der Waals surface area contributed by atoms with Crippen molar-refractivity contribution in [2.24, 2.45) is 0 Å². The molecule has 2 unspecified atom stereocenters. The molecule has 10 heteroatoms. The fourth-order valence-electron chi connectivity index (χ4n) is 4.42. The minimum absolute atomic E-state index is 0.0268. The summed E-state index contributed by atoms with van der Waals surface area (Å²) in [5, 5.41) is 0. The van der Waals surface area contributed by atoms with Crippen molar-refractivity contribution in [2.75, 3.05) is 47.5 Å². The molecule has 0 amide bonds. The average molecular weight is 622 g/mol. The zero-order valence-electron chi connectivity index (χ0n) is 27.7. The number of esters is 2. The summed E-state index contributed by atoms with van der Waals surface area (Å²) in [4.78, 5) is 37.0. The van der Waals surface area contributed by atoms with Crippen molar-refractivity contribution >= 4 is 19.8 Å². The lowest BCUT2D eigenvalue weighted by Crippen LogP contribution is -2.37. The molecule has 0 aliphatic heterocycles. The molecule has 0 aromatic rings. The molecule has 0 fully saturated rings. The number of phosphoric ester groups is 1. The smallest absolute Gasteiger partial charge is 0.306 e. The molecule has 0 bridgehead atoms. The van der Waals surface area contributed by atoms with Crippen molar-refractivity contribution in [1.82, 2.24) is 0 Å². The SMILES string of the molecule is CCCCCCCCCCCCC(=O)OCC(COP(=O)([O-])OCC[N+](C)(C)C)OC(=O)CCCCCCCCCC. The minimum atomic E-state index is -4.60. The maximum Gasteiger partial charge on any atom is 0.306 e. The Labute approximate surface area is 257 Å². The van der Waals surface area contributed by atoms with E-state index in [1.807, 2.05) is 21.1 Å². The van der Waals surface area contributed by atoms with Gasteiger partial charge in [-0.15, -0.1) is 0 Å². The molecule has 0 aromatic carbocycles. The number of unbranched alkanes of at least 4 members (excludes halogenated alkanes) is 16. The molecule has 0 saturated heterocycles. The number of rotatable bonds is 30. The highest BCUT2D eigenvalue weighted by molar-refractivity contribution is 7.45. The highest BCUT2D eigenvalue weighted by Crippen LogP contribution is 2.38. The molecule has 0 spiro atoms. The van der Waals surface area contributed by atoms with E-state index in [9.17, 15) is 19.0 Å². The molecule has 9 nitrogen and oxygen atoms in total. The highest BCUT2D eigenvalue weighted by Gasteiger charge is 2.21. The van der Waals surface area contributed by atoms with E-state index in [1.165, 1.54) is 70.6 Å². The Morgan fingerprint density at radius 3 is 1.52 bits per heavy atom. The fourth-order valence-corrected chi connectivity index (χ4v) is 5.15. The van der Waals surface area contributed by atoms with Gasteiger partial charge in [-0.2, -0.15) is 0 Å². The third kappa shape index (κ3) is 29.1. The summed E-state index contributed by atoms with van der Waals surface area (Å²) in [6.07, 6.45) is 20.0. The van der Waals surface area contributed by atoms with E-state index >= 15 is 0 Å². The van der Waals surface area contributed by atoms with Crippen molar-refractivity contribution in [2.45, 2.75) is 148 Å². The molecule has 2 atom stereocenters. The van der Waals surface area contributed by atoms with Crippen LogP contribution in [0.4, 0.5) is 0 Å². The Hall–Kier alpha value is -0.990. The molecule has 0 N–H and O–H groups in total. The zero-order chi connectivity index (χ0) is 31.5. The number of carbonyl (C=O) groups excluding carboxylic acids is 2. The van der Waals surface area contributed by atoms with Crippen LogP contribution >= 0.6 is 7.82 Å². The molecule has 0 aliphatic rings. The molecule has 0 rings (SSSR count). The topological polar surface area (TPSA) is 111 Å². The first-order valence-corrected chi connectivity index (χ1v) is 18.2. The number of hydrogen-bond acceptors (Lipinski definition) is 8. The second-order valence-electron chi connectivity index (χ2n) is 12.5. The third-order valence-electron chi connectivity index (χ3n) is 7.13. The van der Waals surface area contributed by atoms with Crippen molar-refractivity contribution in [3.05, 3.63) is 0 Å². The Bertz CT molecular complexity index is 713. The molecule has 250 valence electrons. The monoisotopic (exact) mass is 621 g/mol. The summed E-state index contributed by atoms with van der Waals surface area (Å²) < 4.78 is 33.5. The molecule has 0 heterocycles. The van der Waals surface area contributed by atoms with E-state index in [0.29, 0.717) is 17.4 Å². The second-order valence-corrected chi connectivity index (χ2v) is 14.0. The Balaban J connectivity index is 4.49. The molecular weight excluding hydrogens is 557 g/mol. The quantitative estimate of drug-likeness (QED) is 0.0351. The molecule has 0 aromatic heterocycles. The van der Waals surface area contributed by atoms with Gasteiger partial charge in [-0.25, -0.2) is 0 Å². The third-order valence-corrected chi connectivity index (χ3v) is 8.09. The van der Waals surface area contributed by atoms with Gasteiger partial charge in [0.1, 0.15) is 19.8 Å². The van der Waals surface area contributed by atoms with E-state index in [-0.39, 0.29) is 32.0 Å². The van der Waals surface area contributed by atoms with E-state index in [2.05, 4.69) is 13.8 Å². The van der Waals surface area contributed by atoms with E-state index in [1.54, 1.807) is 0 Å². The van der Waals surface area contributed by atoms with E-state index < -0.39 is 26.5 Å². The first-order valence-electron chi connectivity index (χ1n) is 16.7. The maximum absolute atomic E-state index is 12.5. The minimum Gasteiger partial charge on any atom is -0.756 e. The van der Waals surface area contributed by atoms with Crippen LogP contribution in [0.15, 0.2) is 0 Å². The Morgan fingerprint density at radius 1 is 0.643 bits per heavy atom. The summed E-state index contributed by atoms with van der Waals surface area (Å²) in [5.41, 5.74) is 0. The van der Waals surface area contributed by atoms with Crippen LogP contribution in [0.25, 0.3) is 0 Å². The molecular formula is C32H64NO8P. The summed E-state index contributed by atoms with van der Waals surface area (Å²) in [5.74, 6) is -0.838. The number of likely N-dealkylation sites (N-methyl/N-ethyl adjacent to an activating group) is 1. The van der Waals surface area contributed by atoms with Gasteiger partial charge in [-0.05, 0) is 12.8 Å². The first kappa shape index (κ1) is 41.0. The second kappa shape index (κ2) is 26.4. The Morgan fingerprint density at radius 2 is 1.07 bits per heavy atom. The number of hydrogen-bond donors (Lipinski definition) is 0. The average Bonchev–Trinajstić information content (AvgIpc) is 2.92. The van der Waals surface area contributed by atoms with Crippen molar-refractivity contribution < 1.29 is 42.1 Å². The lowest BCUT2D eigenvalue weighted by molar-refractivity contribution is -0.870. The van der Waals surface area contributed by atoms with Crippen molar-refractivity contribution in [1.29, 1.82) is 0 Å². The summed E-state index contributed by atoms with van der Waals surface area (Å²) in [6, 6.07) is 0. The number of ether oxygens (including phenoxy) is 2. The van der Waals surface area contributed by atoms with Crippen molar-refractivity contribution in [3.63, 3.8) is 0 Å². The van der Waals surface area contributed by atoms with Gasteiger partial charge in [0.05, 0.1) is 27.7 Å². The molecule has 42 heavy (non-hydrogen) atoms. The Kier molecular flexibility index (Phi) is 25.8. The van der Waals surface area contributed by atoms with Gasteiger partial charge in [0.25, 0.3) is 7.82 Å². The van der Waals surface area contributed by atoms with Gasteiger partial charge in [0.15, 0.2) is 6.10 Å². The standard InChI is InChI=1S/C32H64NO8P/c1-6-8-10-12-14-16-17-19-20-22-24-31(34)38-28-30(29-40-42(36,37)39-27-26-33(3,4)5)41-32(35)25-23-21-18-15-13-11-9-7-2/h30H,6-29H2,1-5H3. The first-order chi connectivity index (χ1) is 20.0. The van der Waals surface area contributed by atoms with Crippen molar-refractivity contribution in [3.8, 4) is 0 Å². The molecule has 0 radical (unpaired) electrons. The van der Waals surface area contributed by atoms with Crippen LogP contribution in [0.2, 0.25) is 0 Å². The number of quaternary nitrogens is 1. The van der Waals surface area contributed by atoms with Gasteiger partial charge in [-0.3, -0.25) is 14.2 Å². The number of carbonyl (C=O) groups is 2. The lowest BCUT2D eigenvalue weighted by Gasteiger charge is -2.28. The van der Waals surface area contributed by atoms with Gasteiger partial charge in [0.2, 0.25) is 0 Å². The zero-order valence-corrected chi connectivity index (χ0v) is 28.6. The van der Waals surface area contributed by atoms with Gasteiger partial charge < -0.3 is 27.9 Å². The molecule has 0 saturated carbocycles. The van der Waals surface area contributed by atoms with Crippen LogP contribution < -0.4 is 4.89 Å². The highest BCUT2D eigenvalue weighted by atomic mass is 31.2. The number of nitrogens with zero attached hydrogens (tertiary/aromatic N) is 1.